The minimum absolute atomic E-state index is 0.108. The fourth-order valence-electron chi connectivity index (χ4n) is 6.72. The zero-order valence-electron chi connectivity index (χ0n) is 31.0. The lowest BCUT2D eigenvalue weighted by Crippen LogP contribution is -2.41. The number of nitrogens with zero attached hydrogens (tertiary/aromatic N) is 7. The summed E-state index contributed by atoms with van der Waals surface area (Å²) in [7, 11) is 0. The van der Waals surface area contributed by atoms with Gasteiger partial charge in [-0.05, 0) is 69.9 Å². The Morgan fingerprint density at radius 3 is 2.51 bits per heavy atom. The minimum Gasteiger partial charge on any atom is -0.489 e. The third-order valence-corrected chi connectivity index (χ3v) is 11.3. The molecule has 55 heavy (non-hydrogen) atoms. The number of hydrogen-bond donors (Lipinski definition) is 2. The first-order chi connectivity index (χ1) is 26.6. The molecule has 0 saturated carbocycles. The Labute approximate surface area is 334 Å². The fraction of sp³-hybridized carbons (Fsp3) is 0.410. The zero-order valence-corrected chi connectivity index (χ0v) is 33.4. The number of carbonyl (C=O) groups excluding carboxylic acids is 3. The largest absolute Gasteiger partial charge is 0.489 e. The van der Waals surface area contributed by atoms with Crippen molar-refractivity contribution in [3.8, 4) is 16.8 Å². The number of ether oxygens (including phenoxy) is 1. The molecule has 0 spiro atoms. The number of aliphatic imine (C=N–C) groups is 1. The molecule has 4 heterocycles. The molecule has 1 unspecified atom stereocenters. The number of thiophene rings is 1. The molecule has 2 aromatic heterocycles. The van der Waals surface area contributed by atoms with Crippen LogP contribution in [0.25, 0.3) is 5.00 Å². The molecule has 2 aromatic carbocycles. The van der Waals surface area contributed by atoms with Crippen molar-refractivity contribution in [1.29, 1.82) is 5.26 Å². The van der Waals surface area contributed by atoms with Gasteiger partial charge in [-0.25, -0.2) is 0 Å². The summed E-state index contributed by atoms with van der Waals surface area (Å²) >= 11 is 13.7. The molecule has 16 heteroatoms. The highest BCUT2D eigenvalue weighted by molar-refractivity contribution is 7.15. The van der Waals surface area contributed by atoms with Gasteiger partial charge in [0.05, 0.1) is 43.4 Å². The number of nitrogens with one attached hydrogen (secondary N) is 2. The minimum atomic E-state index is -0.536. The average Bonchev–Trinajstić information content (AvgIpc) is 3.66. The maximum Gasteiger partial charge on any atom is 0.241 e. The summed E-state index contributed by atoms with van der Waals surface area (Å²) in [6, 6.07) is 14.5. The van der Waals surface area contributed by atoms with Crippen molar-refractivity contribution in [3.63, 3.8) is 0 Å². The first-order valence-corrected chi connectivity index (χ1v) is 20.0. The summed E-state index contributed by atoms with van der Waals surface area (Å²) in [5, 5.41) is 25.5. The second-order valence-electron chi connectivity index (χ2n) is 13.4. The van der Waals surface area contributed by atoms with Crippen LogP contribution in [0.5, 0.6) is 5.75 Å². The van der Waals surface area contributed by atoms with Crippen molar-refractivity contribution in [3.05, 3.63) is 80.7 Å². The summed E-state index contributed by atoms with van der Waals surface area (Å²) in [5.74, 6) is 1.21. The Bertz CT molecular complexity index is 2130. The first kappa shape index (κ1) is 39.7. The highest BCUT2D eigenvalue weighted by atomic mass is 35.5. The summed E-state index contributed by atoms with van der Waals surface area (Å²) < 4.78 is 7.88. The molecule has 2 aliphatic rings. The lowest BCUT2D eigenvalue weighted by Gasteiger charge is -2.32. The molecule has 0 radical (unpaired) electrons. The summed E-state index contributed by atoms with van der Waals surface area (Å²) in [6.07, 6.45) is 2.63. The van der Waals surface area contributed by atoms with E-state index in [1.54, 1.807) is 23.5 Å². The summed E-state index contributed by atoms with van der Waals surface area (Å²) in [4.78, 5) is 48.3. The number of rotatable bonds is 15. The lowest BCUT2D eigenvalue weighted by atomic mass is 9.99. The van der Waals surface area contributed by atoms with Crippen molar-refractivity contribution >= 4 is 69.3 Å². The van der Waals surface area contributed by atoms with Gasteiger partial charge in [-0.15, -0.1) is 33.1 Å². The Balaban J connectivity index is 0.981. The number of nitriles is 1. The molecule has 0 saturated heterocycles. The molecule has 0 bridgehead atoms. The quantitative estimate of drug-likeness (QED) is 0.110. The van der Waals surface area contributed by atoms with Crippen LogP contribution in [-0.2, 0) is 14.4 Å². The summed E-state index contributed by atoms with van der Waals surface area (Å²) in [6.45, 7) is 8.44. The van der Waals surface area contributed by atoms with Gasteiger partial charge in [-0.3, -0.25) is 23.9 Å². The SMILES string of the molecule is Cc1sc2c(c1C)C(c1ccc(Cl)cc1)=NC(CC(=O)NCCCCCNC(=O)CN1CCOc3cc(N(CCC#N)C(=O)CCl)ccc31)c1nnc(C)n1-2. The van der Waals surface area contributed by atoms with E-state index in [1.807, 2.05) is 46.7 Å². The number of benzene rings is 2. The van der Waals surface area contributed by atoms with E-state index in [4.69, 9.17) is 38.2 Å². The maximum absolute atomic E-state index is 13.3. The van der Waals surface area contributed by atoms with Crippen LogP contribution in [0, 0.1) is 32.1 Å². The average molecular weight is 805 g/mol. The number of alkyl halides is 1. The van der Waals surface area contributed by atoms with Crippen LogP contribution >= 0.6 is 34.5 Å². The number of anilines is 2. The number of unbranched alkanes of at least 4 members (excludes halogenated alkanes) is 2. The van der Waals surface area contributed by atoms with E-state index in [2.05, 4.69) is 40.7 Å². The number of halogens is 2. The van der Waals surface area contributed by atoms with Gasteiger partial charge in [0.2, 0.25) is 17.7 Å². The van der Waals surface area contributed by atoms with Gasteiger partial charge in [-0.1, -0.05) is 23.7 Å². The molecule has 6 rings (SSSR count). The molecule has 2 N–H and O–H groups in total. The molecule has 288 valence electrons. The smallest absolute Gasteiger partial charge is 0.241 e. The van der Waals surface area contributed by atoms with E-state index in [-0.39, 0.29) is 49.5 Å². The second-order valence-corrected chi connectivity index (χ2v) is 15.3. The Hall–Kier alpha value is -4.97. The van der Waals surface area contributed by atoms with Gasteiger partial charge < -0.3 is 25.2 Å². The van der Waals surface area contributed by atoms with Crippen LogP contribution in [0.15, 0.2) is 47.5 Å². The van der Waals surface area contributed by atoms with E-state index in [9.17, 15) is 14.4 Å². The highest BCUT2D eigenvalue weighted by Crippen LogP contribution is 2.40. The number of aromatic nitrogens is 3. The van der Waals surface area contributed by atoms with Crippen LogP contribution in [0.2, 0.25) is 5.02 Å². The van der Waals surface area contributed by atoms with Crippen LogP contribution in [-0.4, -0.2) is 83.4 Å². The van der Waals surface area contributed by atoms with Crippen LogP contribution < -0.4 is 25.2 Å². The predicted octanol–water partition coefficient (Wildman–Crippen LogP) is 5.98. The standard InChI is InChI=1S/C39H43Cl2N9O4S/c1-24-25(2)55-39-36(24)37(27-8-10-28(41)11-9-27)45-30(38-47-46-26(3)50(38)39)21-33(51)43-15-5-4-6-16-44-34(52)23-48-18-19-54-32-20-29(12-13-31(32)48)49(17-7-14-42)35(53)22-40/h8-13,20,30H,4-7,15-19,21-23H2,1-3H3,(H,43,51)(H,44,52). The topological polar surface area (TPSA) is 158 Å². The van der Waals surface area contributed by atoms with Crippen molar-refractivity contribution in [2.24, 2.45) is 4.99 Å². The van der Waals surface area contributed by atoms with Crippen molar-refractivity contribution in [1.82, 2.24) is 25.4 Å². The molecule has 1 atom stereocenters. The zero-order chi connectivity index (χ0) is 39.1. The first-order valence-electron chi connectivity index (χ1n) is 18.2. The van der Waals surface area contributed by atoms with Gasteiger partial charge in [0.25, 0.3) is 0 Å². The normalized spacial score (nSPS) is 14.4. The maximum atomic E-state index is 13.3. The van der Waals surface area contributed by atoms with Crippen molar-refractivity contribution < 1.29 is 19.1 Å². The van der Waals surface area contributed by atoms with Crippen molar-refractivity contribution in [2.45, 2.75) is 58.9 Å². The molecule has 3 amide bonds. The second kappa shape index (κ2) is 18.1. The number of amides is 3. The van der Waals surface area contributed by atoms with E-state index in [1.165, 1.54) is 9.78 Å². The van der Waals surface area contributed by atoms with E-state index in [0.717, 1.165) is 58.2 Å². The summed E-state index contributed by atoms with van der Waals surface area (Å²) in [5.41, 5.74) is 5.22. The van der Waals surface area contributed by atoms with Gasteiger partial charge in [0, 0.05) is 52.4 Å². The molecule has 13 nitrogen and oxygen atoms in total. The third kappa shape index (κ3) is 9.12. The molecule has 4 aromatic rings. The molecule has 0 aliphatic carbocycles. The highest BCUT2D eigenvalue weighted by Gasteiger charge is 2.32. The Kier molecular flexibility index (Phi) is 13.1. The lowest BCUT2D eigenvalue weighted by molar-refractivity contribution is -0.121. The molecular weight excluding hydrogens is 761 g/mol. The van der Waals surface area contributed by atoms with Crippen molar-refractivity contribution in [2.75, 3.05) is 55.0 Å². The van der Waals surface area contributed by atoms with E-state index < -0.39 is 6.04 Å². The van der Waals surface area contributed by atoms with Crippen LogP contribution in [0.3, 0.4) is 0 Å². The van der Waals surface area contributed by atoms with E-state index >= 15 is 0 Å². The Morgan fingerprint density at radius 2 is 1.78 bits per heavy atom. The van der Waals surface area contributed by atoms with Gasteiger partial charge >= 0.3 is 0 Å². The monoisotopic (exact) mass is 803 g/mol. The van der Waals surface area contributed by atoms with Crippen LogP contribution in [0.4, 0.5) is 11.4 Å². The van der Waals surface area contributed by atoms with Crippen LogP contribution in [0.1, 0.15) is 71.4 Å². The van der Waals surface area contributed by atoms with Gasteiger partial charge in [0.15, 0.2) is 5.82 Å². The predicted molar refractivity (Wildman–Crippen MR) is 215 cm³/mol. The van der Waals surface area contributed by atoms with Gasteiger partial charge in [-0.2, -0.15) is 5.26 Å². The molecular formula is C39H43Cl2N9O4S. The van der Waals surface area contributed by atoms with E-state index in [0.29, 0.717) is 48.5 Å². The molecule has 0 fully saturated rings. The third-order valence-electron chi connectivity index (χ3n) is 9.65. The number of carbonyl (C=O) groups is 3. The Morgan fingerprint density at radius 1 is 1.04 bits per heavy atom. The fourth-order valence-corrected chi connectivity index (χ4v) is 8.21. The molecule has 2 aliphatic heterocycles. The van der Waals surface area contributed by atoms with Gasteiger partial charge in [0.1, 0.15) is 35.1 Å². The number of fused-ring (bicyclic) bond motifs is 4. The number of aryl methyl sites for hydroxylation is 2. The number of hydrogen-bond acceptors (Lipinski definition) is 10.